The third kappa shape index (κ3) is 61.3. The van der Waals surface area contributed by atoms with Crippen LogP contribution in [0.1, 0.15) is 316 Å². The Morgan fingerprint density at radius 3 is 0.867 bits per heavy atom. The van der Waals surface area contributed by atoms with Crippen molar-refractivity contribution in [1.29, 1.82) is 0 Å². The van der Waals surface area contributed by atoms with Gasteiger partial charge in [0.15, 0.2) is 6.10 Å². The van der Waals surface area contributed by atoms with Crippen molar-refractivity contribution in [2.45, 2.75) is 322 Å². The van der Waals surface area contributed by atoms with Gasteiger partial charge in [0.05, 0.1) is 0 Å². The smallest absolute Gasteiger partial charge is 0.306 e. The van der Waals surface area contributed by atoms with Crippen LogP contribution in [0, 0.1) is 0 Å². The average molecular weight is 1050 g/mol. The molecule has 0 amide bonds. The van der Waals surface area contributed by atoms with Crippen molar-refractivity contribution in [2.24, 2.45) is 0 Å². The predicted molar refractivity (Wildman–Crippen MR) is 325 cm³/mol. The molecule has 0 N–H and O–H groups in total. The first kappa shape index (κ1) is 71.6. The number of carbonyl (C=O) groups excluding carboxylic acids is 3. The van der Waals surface area contributed by atoms with Gasteiger partial charge in [-0.3, -0.25) is 14.4 Å². The zero-order chi connectivity index (χ0) is 54.3. The summed E-state index contributed by atoms with van der Waals surface area (Å²) in [5.41, 5.74) is 0. The van der Waals surface area contributed by atoms with Crippen LogP contribution in [0.15, 0.2) is 85.1 Å². The van der Waals surface area contributed by atoms with Gasteiger partial charge in [0.1, 0.15) is 13.2 Å². The fraction of sp³-hybridized carbons (Fsp3) is 0.754. The highest BCUT2D eigenvalue weighted by molar-refractivity contribution is 5.71. The van der Waals surface area contributed by atoms with E-state index in [0.29, 0.717) is 19.3 Å². The van der Waals surface area contributed by atoms with E-state index < -0.39 is 6.10 Å². The number of ether oxygens (including phenoxy) is 3. The van der Waals surface area contributed by atoms with Crippen LogP contribution in [0.25, 0.3) is 0 Å². The largest absolute Gasteiger partial charge is 0.462 e. The fourth-order valence-electron chi connectivity index (χ4n) is 9.03. The van der Waals surface area contributed by atoms with E-state index in [0.717, 1.165) is 109 Å². The molecule has 0 fully saturated rings. The molecule has 0 spiro atoms. The summed E-state index contributed by atoms with van der Waals surface area (Å²) in [4.78, 5) is 38.2. The van der Waals surface area contributed by atoms with Gasteiger partial charge in [0, 0.05) is 19.3 Å². The lowest BCUT2D eigenvalue weighted by atomic mass is 10.0. The van der Waals surface area contributed by atoms with Crippen molar-refractivity contribution in [3.05, 3.63) is 85.1 Å². The molecule has 0 heterocycles. The number of esters is 3. The van der Waals surface area contributed by atoms with E-state index in [9.17, 15) is 14.4 Å². The van der Waals surface area contributed by atoms with E-state index >= 15 is 0 Å². The van der Waals surface area contributed by atoms with Crippen LogP contribution in [0.2, 0.25) is 0 Å². The zero-order valence-electron chi connectivity index (χ0n) is 49.6. The predicted octanol–water partition coefficient (Wildman–Crippen LogP) is 21.9. The number of hydrogen-bond donors (Lipinski definition) is 0. The van der Waals surface area contributed by atoms with E-state index in [1.165, 1.54) is 167 Å². The summed E-state index contributed by atoms with van der Waals surface area (Å²) in [6.45, 7) is 6.49. The minimum atomic E-state index is -0.782. The molecule has 0 bridgehead atoms. The fourth-order valence-corrected chi connectivity index (χ4v) is 9.03. The normalized spacial score (nSPS) is 12.6. The second-order valence-electron chi connectivity index (χ2n) is 21.3. The summed E-state index contributed by atoms with van der Waals surface area (Å²) in [5, 5.41) is 0. The van der Waals surface area contributed by atoms with E-state index in [-0.39, 0.29) is 31.1 Å². The number of hydrogen-bond acceptors (Lipinski definition) is 6. The van der Waals surface area contributed by atoms with E-state index in [1.54, 1.807) is 0 Å². The summed E-state index contributed by atoms with van der Waals surface area (Å²) < 4.78 is 16.9. The molecule has 0 radical (unpaired) electrons. The van der Waals surface area contributed by atoms with Crippen molar-refractivity contribution >= 4 is 17.9 Å². The summed E-state index contributed by atoms with van der Waals surface area (Å²) >= 11 is 0. The standard InChI is InChI=1S/C69H120O6/c1-4-7-10-13-16-19-22-24-26-27-28-29-30-31-32-33-34-35-36-37-38-39-40-41-43-44-47-50-53-56-59-62-68(71)74-65-66(64-73-67(70)61-58-55-52-49-46-21-18-15-12-9-6-3)75-69(72)63-60-57-54-51-48-45-42-25-23-20-17-14-11-8-5-2/h7,10,15-16,18-19,24-26,28-29,31-32,42,66H,4-6,8-9,11-14,17,20-23,27,30,33-41,43-65H2,1-3H3/b10-7-,18-15-,19-16-,26-24-,29-28-,32-31-,42-25-. The van der Waals surface area contributed by atoms with Crippen molar-refractivity contribution in [3.63, 3.8) is 0 Å². The Bertz CT molecular complexity index is 1430. The van der Waals surface area contributed by atoms with Crippen molar-refractivity contribution in [1.82, 2.24) is 0 Å². The molecule has 0 aromatic carbocycles. The third-order valence-electron chi connectivity index (χ3n) is 13.9. The van der Waals surface area contributed by atoms with Crippen LogP contribution in [-0.2, 0) is 28.6 Å². The minimum Gasteiger partial charge on any atom is -0.462 e. The van der Waals surface area contributed by atoms with E-state index in [4.69, 9.17) is 14.2 Å². The molecule has 6 heteroatoms. The van der Waals surface area contributed by atoms with E-state index in [2.05, 4.69) is 106 Å². The first-order valence-electron chi connectivity index (χ1n) is 32.1. The number of rotatable bonds is 58. The molecule has 0 saturated heterocycles. The third-order valence-corrected chi connectivity index (χ3v) is 13.9. The Kier molecular flexibility index (Phi) is 60.3. The van der Waals surface area contributed by atoms with E-state index in [1.807, 2.05) is 0 Å². The Labute approximate surface area is 465 Å². The molecule has 1 unspecified atom stereocenters. The Balaban J connectivity index is 4.16. The topological polar surface area (TPSA) is 78.9 Å². The van der Waals surface area contributed by atoms with Gasteiger partial charge < -0.3 is 14.2 Å². The lowest BCUT2D eigenvalue weighted by Gasteiger charge is -2.18. The molecule has 0 aliphatic rings. The molecule has 0 aliphatic heterocycles. The van der Waals surface area contributed by atoms with Crippen molar-refractivity contribution in [2.75, 3.05) is 13.2 Å². The SMILES string of the molecule is CC/C=C\C/C=C\C/C=C\C/C=C\C/C=C\CCCCCCCCCCCCCCCCCC(=O)OCC(COC(=O)CCCCCCC/C=C\CCCC)OC(=O)CCCCCCC/C=C\CCCCCCCC. The summed E-state index contributed by atoms with van der Waals surface area (Å²) in [5.74, 6) is -0.888. The quantitative estimate of drug-likeness (QED) is 0.0261. The Hall–Kier alpha value is -3.41. The van der Waals surface area contributed by atoms with Gasteiger partial charge in [-0.2, -0.15) is 0 Å². The first-order chi connectivity index (χ1) is 37.0. The molecular formula is C69H120O6. The minimum absolute atomic E-state index is 0.0798. The number of unbranched alkanes of at least 4 members (excludes halogenated alkanes) is 33. The maximum atomic E-state index is 12.9. The molecule has 432 valence electrons. The van der Waals surface area contributed by atoms with Gasteiger partial charge in [0.25, 0.3) is 0 Å². The van der Waals surface area contributed by atoms with Crippen LogP contribution >= 0.6 is 0 Å². The Morgan fingerprint density at radius 1 is 0.280 bits per heavy atom. The molecule has 0 aromatic rings. The molecule has 0 aromatic heterocycles. The molecule has 0 aliphatic carbocycles. The summed E-state index contributed by atoms with van der Waals surface area (Å²) in [6, 6.07) is 0. The maximum absolute atomic E-state index is 12.9. The molecule has 0 saturated carbocycles. The highest BCUT2D eigenvalue weighted by Gasteiger charge is 2.19. The van der Waals surface area contributed by atoms with Gasteiger partial charge in [-0.25, -0.2) is 0 Å². The second kappa shape index (κ2) is 63.1. The van der Waals surface area contributed by atoms with Gasteiger partial charge >= 0.3 is 17.9 Å². The molecule has 6 nitrogen and oxygen atoms in total. The molecule has 1 atom stereocenters. The van der Waals surface area contributed by atoms with Gasteiger partial charge in [-0.15, -0.1) is 0 Å². The highest BCUT2D eigenvalue weighted by atomic mass is 16.6. The summed E-state index contributed by atoms with van der Waals surface area (Å²) in [7, 11) is 0. The van der Waals surface area contributed by atoms with Gasteiger partial charge in [-0.05, 0) is 109 Å². The lowest BCUT2D eigenvalue weighted by Crippen LogP contribution is -2.30. The van der Waals surface area contributed by atoms with Crippen molar-refractivity contribution < 1.29 is 28.6 Å². The highest BCUT2D eigenvalue weighted by Crippen LogP contribution is 2.16. The average Bonchev–Trinajstić information content (AvgIpc) is 3.41. The molecule has 75 heavy (non-hydrogen) atoms. The monoisotopic (exact) mass is 1040 g/mol. The Morgan fingerprint density at radius 2 is 0.533 bits per heavy atom. The maximum Gasteiger partial charge on any atom is 0.306 e. The van der Waals surface area contributed by atoms with Crippen LogP contribution < -0.4 is 0 Å². The van der Waals surface area contributed by atoms with Gasteiger partial charge in [0.2, 0.25) is 0 Å². The van der Waals surface area contributed by atoms with Crippen LogP contribution in [0.3, 0.4) is 0 Å². The zero-order valence-corrected chi connectivity index (χ0v) is 49.6. The van der Waals surface area contributed by atoms with Crippen molar-refractivity contribution in [3.8, 4) is 0 Å². The summed E-state index contributed by atoms with van der Waals surface area (Å²) in [6.07, 6.45) is 83.2. The number of allylic oxidation sites excluding steroid dienone is 14. The lowest BCUT2D eigenvalue weighted by molar-refractivity contribution is -0.167. The van der Waals surface area contributed by atoms with Crippen LogP contribution in [-0.4, -0.2) is 37.2 Å². The van der Waals surface area contributed by atoms with Crippen LogP contribution in [0.5, 0.6) is 0 Å². The second-order valence-corrected chi connectivity index (χ2v) is 21.3. The first-order valence-corrected chi connectivity index (χ1v) is 32.1. The van der Waals surface area contributed by atoms with Gasteiger partial charge in [-0.1, -0.05) is 273 Å². The molecular weight excluding hydrogens is 925 g/mol. The van der Waals surface area contributed by atoms with Crippen LogP contribution in [0.4, 0.5) is 0 Å². The molecule has 0 rings (SSSR count). The number of carbonyl (C=O) groups is 3.